The summed E-state index contributed by atoms with van der Waals surface area (Å²) in [5.74, 6) is 0. The van der Waals surface area contributed by atoms with E-state index < -0.39 is 0 Å². The molecule has 0 aliphatic carbocycles. The highest BCUT2D eigenvalue weighted by molar-refractivity contribution is 7.14. The lowest BCUT2D eigenvalue weighted by molar-refractivity contribution is 1.13. The molecule has 0 saturated heterocycles. The molecule has 3 rings (SSSR count). The van der Waals surface area contributed by atoms with Gasteiger partial charge in [-0.1, -0.05) is 35.8 Å². The fraction of sp³-hybridized carbons (Fsp3) is 0.0667. The monoisotopic (exact) mass is 266 g/mol. The number of aromatic nitrogens is 1. The molecule has 1 aromatic heterocycles. The molecule has 0 atom stereocenters. The summed E-state index contributed by atoms with van der Waals surface area (Å²) in [6.45, 7) is 0. The summed E-state index contributed by atoms with van der Waals surface area (Å²) in [6.07, 6.45) is 0.390. The SMILES string of the molecule is N#CCc1ccc(-n2sc3ccccc3c2=O)cc1. The van der Waals surface area contributed by atoms with Gasteiger partial charge in [-0.05, 0) is 29.8 Å². The van der Waals surface area contributed by atoms with Crippen LogP contribution in [0.2, 0.25) is 0 Å². The zero-order valence-electron chi connectivity index (χ0n) is 10.0. The third kappa shape index (κ3) is 2.05. The van der Waals surface area contributed by atoms with Crippen molar-refractivity contribution in [2.75, 3.05) is 0 Å². The average molecular weight is 266 g/mol. The molecule has 0 saturated carbocycles. The average Bonchev–Trinajstić information content (AvgIpc) is 2.78. The molecule has 0 bridgehead atoms. The summed E-state index contributed by atoms with van der Waals surface area (Å²) in [7, 11) is 0. The zero-order chi connectivity index (χ0) is 13.2. The molecule has 0 spiro atoms. The van der Waals surface area contributed by atoms with Crippen LogP contribution in [0, 0.1) is 11.3 Å². The summed E-state index contributed by atoms with van der Waals surface area (Å²) in [5.41, 5.74) is 1.81. The van der Waals surface area contributed by atoms with Gasteiger partial charge in [0, 0.05) is 0 Å². The van der Waals surface area contributed by atoms with Crippen LogP contribution in [0.5, 0.6) is 0 Å². The Balaban J connectivity index is 2.12. The van der Waals surface area contributed by atoms with Gasteiger partial charge in [0.1, 0.15) is 0 Å². The second-order valence-corrected chi connectivity index (χ2v) is 5.18. The third-order valence-corrected chi connectivity index (χ3v) is 4.06. The Bertz CT molecular complexity index is 822. The van der Waals surface area contributed by atoms with Crippen LogP contribution < -0.4 is 5.56 Å². The predicted octanol–water partition coefficient (Wildman–Crippen LogP) is 3.12. The van der Waals surface area contributed by atoms with Gasteiger partial charge in [0.05, 0.1) is 28.3 Å². The number of nitriles is 1. The minimum atomic E-state index is 0.00799. The van der Waals surface area contributed by atoms with Crippen LogP contribution >= 0.6 is 11.5 Å². The van der Waals surface area contributed by atoms with Crippen molar-refractivity contribution in [2.45, 2.75) is 6.42 Å². The maximum Gasteiger partial charge on any atom is 0.273 e. The molecule has 0 aliphatic heterocycles. The lowest BCUT2D eigenvalue weighted by Crippen LogP contribution is -2.10. The van der Waals surface area contributed by atoms with Crippen LogP contribution in [0.15, 0.2) is 53.3 Å². The van der Waals surface area contributed by atoms with Gasteiger partial charge in [0.25, 0.3) is 5.56 Å². The molecule has 92 valence electrons. The van der Waals surface area contributed by atoms with Gasteiger partial charge in [0.15, 0.2) is 0 Å². The van der Waals surface area contributed by atoms with Crippen molar-refractivity contribution in [1.82, 2.24) is 3.96 Å². The molecular formula is C15H10N2OS. The number of hydrogen-bond donors (Lipinski definition) is 0. The van der Waals surface area contributed by atoms with Gasteiger partial charge >= 0.3 is 0 Å². The molecule has 0 unspecified atom stereocenters. The molecule has 0 radical (unpaired) electrons. The highest BCUT2D eigenvalue weighted by Gasteiger charge is 2.08. The van der Waals surface area contributed by atoms with Gasteiger partial charge in [0.2, 0.25) is 0 Å². The first-order valence-corrected chi connectivity index (χ1v) is 6.64. The lowest BCUT2D eigenvalue weighted by atomic mass is 10.1. The smallest absolute Gasteiger partial charge is 0.267 e. The van der Waals surface area contributed by atoms with E-state index in [0.717, 1.165) is 21.3 Å². The van der Waals surface area contributed by atoms with Crippen molar-refractivity contribution >= 4 is 21.6 Å². The Hall–Kier alpha value is -2.38. The Kier molecular flexibility index (Phi) is 2.90. The number of fused-ring (bicyclic) bond motifs is 1. The lowest BCUT2D eigenvalue weighted by Gasteiger charge is -2.00. The molecule has 19 heavy (non-hydrogen) atoms. The van der Waals surface area contributed by atoms with E-state index in [9.17, 15) is 4.79 Å². The van der Waals surface area contributed by atoms with E-state index >= 15 is 0 Å². The van der Waals surface area contributed by atoms with Crippen molar-refractivity contribution in [3.05, 3.63) is 64.4 Å². The van der Waals surface area contributed by atoms with Gasteiger partial charge < -0.3 is 0 Å². The molecule has 1 heterocycles. The summed E-state index contributed by atoms with van der Waals surface area (Å²) in [6, 6.07) is 17.2. The van der Waals surface area contributed by atoms with Crippen LogP contribution in [-0.2, 0) is 6.42 Å². The molecule has 0 aliphatic rings. The van der Waals surface area contributed by atoms with Gasteiger partial charge in [-0.2, -0.15) is 5.26 Å². The fourth-order valence-electron chi connectivity index (χ4n) is 1.98. The summed E-state index contributed by atoms with van der Waals surface area (Å²) in [4.78, 5) is 12.3. The minimum absolute atomic E-state index is 0.00799. The van der Waals surface area contributed by atoms with Crippen LogP contribution in [-0.4, -0.2) is 3.96 Å². The molecule has 0 amide bonds. The molecule has 3 nitrogen and oxygen atoms in total. The highest BCUT2D eigenvalue weighted by Crippen LogP contribution is 2.20. The molecule has 0 N–H and O–H groups in total. The summed E-state index contributed by atoms with van der Waals surface area (Å²) >= 11 is 1.44. The first kappa shape index (κ1) is 11.7. The van der Waals surface area contributed by atoms with E-state index in [1.54, 1.807) is 3.96 Å². The van der Waals surface area contributed by atoms with Crippen molar-refractivity contribution in [3.63, 3.8) is 0 Å². The predicted molar refractivity (Wildman–Crippen MR) is 76.7 cm³/mol. The maximum atomic E-state index is 12.3. The van der Waals surface area contributed by atoms with E-state index in [1.165, 1.54) is 11.5 Å². The number of nitrogens with zero attached hydrogens (tertiary/aromatic N) is 2. The first-order valence-electron chi connectivity index (χ1n) is 5.87. The normalized spacial score (nSPS) is 10.5. The van der Waals surface area contributed by atoms with Crippen LogP contribution in [0.4, 0.5) is 0 Å². The molecule has 4 heteroatoms. The Morgan fingerprint density at radius 1 is 1.11 bits per heavy atom. The second kappa shape index (κ2) is 4.71. The number of rotatable bonds is 2. The molecule has 0 fully saturated rings. The Labute approximate surface area is 114 Å². The molecular weight excluding hydrogens is 256 g/mol. The molecule has 2 aromatic carbocycles. The molecule has 3 aromatic rings. The zero-order valence-corrected chi connectivity index (χ0v) is 10.9. The van der Waals surface area contributed by atoms with Gasteiger partial charge in [-0.25, -0.2) is 3.96 Å². The summed E-state index contributed by atoms with van der Waals surface area (Å²) in [5, 5.41) is 9.39. The van der Waals surface area contributed by atoms with Crippen molar-refractivity contribution in [1.29, 1.82) is 5.26 Å². The first-order chi connectivity index (χ1) is 9.29. The van der Waals surface area contributed by atoms with Crippen LogP contribution in [0.1, 0.15) is 5.56 Å². The fourth-order valence-corrected chi connectivity index (χ4v) is 2.98. The Morgan fingerprint density at radius 3 is 2.53 bits per heavy atom. The van der Waals surface area contributed by atoms with E-state index in [-0.39, 0.29) is 5.56 Å². The third-order valence-electron chi connectivity index (χ3n) is 2.95. The van der Waals surface area contributed by atoms with Crippen molar-refractivity contribution in [2.24, 2.45) is 0 Å². The van der Waals surface area contributed by atoms with Gasteiger partial charge in [-0.3, -0.25) is 4.79 Å². The highest BCUT2D eigenvalue weighted by atomic mass is 32.1. The second-order valence-electron chi connectivity index (χ2n) is 4.19. The number of hydrogen-bond acceptors (Lipinski definition) is 3. The van der Waals surface area contributed by atoms with Crippen molar-refractivity contribution < 1.29 is 0 Å². The summed E-state index contributed by atoms with van der Waals surface area (Å²) < 4.78 is 2.66. The largest absolute Gasteiger partial charge is 0.273 e. The van der Waals surface area contributed by atoms with E-state index in [4.69, 9.17) is 5.26 Å². The quantitative estimate of drug-likeness (QED) is 0.715. The minimum Gasteiger partial charge on any atom is -0.267 e. The number of benzene rings is 2. The van der Waals surface area contributed by atoms with Crippen molar-refractivity contribution in [3.8, 4) is 11.8 Å². The topological polar surface area (TPSA) is 45.8 Å². The van der Waals surface area contributed by atoms with Crippen LogP contribution in [0.25, 0.3) is 15.8 Å². The van der Waals surface area contributed by atoms with Gasteiger partial charge in [-0.15, -0.1) is 0 Å². The van der Waals surface area contributed by atoms with E-state index in [0.29, 0.717) is 6.42 Å². The Morgan fingerprint density at radius 2 is 1.84 bits per heavy atom. The standard InChI is InChI=1S/C15H10N2OS/c16-10-9-11-5-7-12(8-6-11)17-15(18)13-3-1-2-4-14(13)19-17/h1-8H,9H2. The maximum absolute atomic E-state index is 12.3. The van der Waals surface area contributed by atoms with Crippen LogP contribution in [0.3, 0.4) is 0 Å². The van der Waals surface area contributed by atoms with E-state index in [1.807, 2.05) is 48.5 Å². The van der Waals surface area contributed by atoms with E-state index in [2.05, 4.69) is 6.07 Å².